The van der Waals surface area contributed by atoms with Crippen LogP contribution in [0.5, 0.6) is 0 Å². The minimum absolute atomic E-state index is 0.242. The molecule has 0 aliphatic heterocycles. The predicted octanol–water partition coefficient (Wildman–Crippen LogP) is 2.91. The van der Waals surface area contributed by atoms with Gasteiger partial charge in [-0.15, -0.1) is 0 Å². The van der Waals surface area contributed by atoms with Crippen LogP contribution < -0.4 is 10.6 Å². The van der Waals surface area contributed by atoms with E-state index in [2.05, 4.69) is 26.8 Å². The Kier molecular flexibility index (Phi) is 5.71. The van der Waals surface area contributed by atoms with Crippen molar-refractivity contribution in [1.82, 2.24) is 24.6 Å². The molecule has 154 valence electrons. The van der Waals surface area contributed by atoms with E-state index in [4.69, 9.17) is 5.26 Å². The molecule has 9 heteroatoms. The Morgan fingerprint density at radius 1 is 1.10 bits per heavy atom. The fourth-order valence-corrected chi connectivity index (χ4v) is 3.11. The molecule has 1 amide bonds. The summed E-state index contributed by atoms with van der Waals surface area (Å²) < 4.78 is 17.5. The van der Waals surface area contributed by atoms with Crippen molar-refractivity contribution in [2.45, 2.75) is 0 Å². The lowest BCUT2D eigenvalue weighted by atomic mass is 10.2. The normalized spacial score (nSPS) is 10.5. The van der Waals surface area contributed by atoms with Gasteiger partial charge in [-0.1, -0.05) is 12.1 Å². The molecule has 0 radical (unpaired) electrons. The topological polar surface area (TPSA) is 101 Å². The molecule has 3 heterocycles. The second-order valence-corrected chi connectivity index (χ2v) is 6.53. The number of nitrogens with one attached hydrogen (secondary N) is 2. The molecule has 2 N–H and O–H groups in total. The summed E-state index contributed by atoms with van der Waals surface area (Å²) in [4.78, 5) is 17.0. The van der Waals surface area contributed by atoms with Crippen molar-refractivity contribution < 1.29 is 9.18 Å². The van der Waals surface area contributed by atoms with E-state index in [-0.39, 0.29) is 18.1 Å². The van der Waals surface area contributed by atoms with E-state index in [0.717, 1.165) is 0 Å². The van der Waals surface area contributed by atoms with E-state index in [1.807, 2.05) is 12.1 Å². The first kappa shape index (κ1) is 19.8. The van der Waals surface area contributed by atoms with Gasteiger partial charge in [0, 0.05) is 31.7 Å². The van der Waals surface area contributed by atoms with Crippen LogP contribution in [0.4, 0.5) is 10.2 Å². The van der Waals surface area contributed by atoms with Gasteiger partial charge in [0.2, 0.25) is 0 Å². The number of rotatable bonds is 7. The Bertz CT molecular complexity index is 1240. The number of carbonyl (C=O) groups excluding carboxylic acids is 1. The fraction of sp³-hybridized carbons (Fsp3) is 0.0909. The second-order valence-electron chi connectivity index (χ2n) is 6.53. The second kappa shape index (κ2) is 8.92. The molecule has 0 saturated carbocycles. The number of nitriles is 1. The summed E-state index contributed by atoms with van der Waals surface area (Å²) in [5.74, 6) is 0.0881. The molecule has 0 saturated heterocycles. The Morgan fingerprint density at radius 2 is 1.90 bits per heavy atom. The smallest absolute Gasteiger partial charge is 0.256 e. The van der Waals surface area contributed by atoms with E-state index in [1.165, 1.54) is 16.9 Å². The van der Waals surface area contributed by atoms with Crippen LogP contribution in [0.15, 0.2) is 73.3 Å². The lowest BCUT2D eigenvalue weighted by Gasteiger charge is -2.12. The first-order chi connectivity index (χ1) is 15.2. The maximum absolute atomic E-state index is 14.4. The highest BCUT2D eigenvalue weighted by Crippen LogP contribution is 2.21. The third-order valence-electron chi connectivity index (χ3n) is 4.55. The quantitative estimate of drug-likeness (QED) is 0.452. The largest absolute Gasteiger partial charge is 0.367 e. The van der Waals surface area contributed by atoms with Crippen molar-refractivity contribution in [2.24, 2.45) is 0 Å². The molecule has 0 unspecified atom stereocenters. The molecule has 4 rings (SSSR count). The van der Waals surface area contributed by atoms with Gasteiger partial charge >= 0.3 is 0 Å². The highest BCUT2D eigenvalue weighted by molar-refractivity contribution is 5.97. The monoisotopic (exact) mass is 415 g/mol. The van der Waals surface area contributed by atoms with Crippen molar-refractivity contribution in [1.29, 1.82) is 5.26 Å². The number of pyridine rings is 1. The first-order valence-corrected chi connectivity index (χ1v) is 9.52. The summed E-state index contributed by atoms with van der Waals surface area (Å²) in [6, 6.07) is 15.3. The number of amides is 1. The summed E-state index contributed by atoms with van der Waals surface area (Å²) in [5, 5.41) is 19.2. The average Bonchev–Trinajstić information content (AvgIpc) is 3.47. The zero-order valence-electron chi connectivity index (χ0n) is 16.4. The molecule has 0 aliphatic rings. The average molecular weight is 415 g/mol. The van der Waals surface area contributed by atoms with Gasteiger partial charge in [0.1, 0.15) is 29.0 Å². The van der Waals surface area contributed by atoms with Gasteiger partial charge in [-0.3, -0.25) is 4.79 Å². The van der Waals surface area contributed by atoms with Gasteiger partial charge in [0.25, 0.3) is 5.91 Å². The molecule has 0 atom stereocenters. The summed E-state index contributed by atoms with van der Waals surface area (Å²) in [6.45, 7) is 0.661. The van der Waals surface area contributed by atoms with E-state index in [1.54, 1.807) is 53.5 Å². The van der Waals surface area contributed by atoms with Crippen LogP contribution >= 0.6 is 0 Å². The maximum atomic E-state index is 14.4. The third kappa shape index (κ3) is 4.13. The lowest BCUT2D eigenvalue weighted by molar-refractivity contribution is 0.0955. The van der Waals surface area contributed by atoms with Gasteiger partial charge in [0.15, 0.2) is 5.82 Å². The zero-order chi connectivity index (χ0) is 21.6. The zero-order valence-corrected chi connectivity index (χ0v) is 16.4. The molecule has 31 heavy (non-hydrogen) atoms. The summed E-state index contributed by atoms with van der Waals surface area (Å²) in [7, 11) is 0. The van der Waals surface area contributed by atoms with Gasteiger partial charge in [-0.25, -0.2) is 14.1 Å². The third-order valence-corrected chi connectivity index (χ3v) is 4.55. The van der Waals surface area contributed by atoms with Crippen LogP contribution in [0.1, 0.15) is 15.9 Å². The molecule has 8 nitrogen and oxygen atoms in total. The van der Waals surface area contributed by atoms with E-state index >= 15 is 0 Å². The van der Waals surface area contributed by atoms with Crippen molar-refractivity contribution in [2.75, 3.05) is 18.4 Å². The summed E-state index contributed by atoms with van der Waals surface area (Å²) in [6.07, 6.45) is 6.52. The van der Waals surface area contributed by atoms with Crippen LogP contribution in [-0.4, -0.2) is 38.3 Å². The van der Waals surface area contributed by atoms with Crippen molar-refractivity contribution in [3.8, 4) is 17.6 Å². The molecular weight excluding hydrogens is 397 g/mol. The molecule has 4 aromatic rings. The van der Waals surface area contributed by atoms with Crippen LogP contribution in [-0.2, 0) is 0 Å². The Labute approximate surface area is 177 Å². The molecule has 3 aromatic heterocycles. The van der Waals surface area contributed by atoms with Crippen molar-refractivity contribution >= 4 is 11.7 Å². The van der Waals surface area contributed by atoms with Gasteiger partial charge < -0.3 is 15.2 Å². The van der Waals surface area contributed by atoms with E-state index in [9.17, 15) is 9.18 Å². The minimum atomic E-state index is -0.446. The Hall–Kier alpha value is -4.45. The standard InChI is InChI=1S/C22H18FN7O/c23-18-7-1-2-8-19(18)30-22(29-12-3-4-13-29)17(15-28-30)21(31)27-11-10-26-20-16(14-24)6-5-9-25-20/h1-9,12-13,15H,10-11H2,(H,25,26)(H,27,31). The Balaban J connectivity index is 1.52. The molecule has 0 bridgehead atoms. The number of anilines is 1. The van der Waals surface area contributed by atoms with Crippen LogP contribution in [0.2, 0.25) is 0 Å². The Morgan fingerprint density at radius 3 is 2.68 bits per heavy atom. The number of halogens is 1. The number of para-hydroxylation sites is 1. The fourth-order valence-electron chi connectivity index (χ4n) is 3.11. The van der Waals surface area contributed by atoms with Gasteiger partial charge in [-0.05, 0) is 36.4 Å². The highest BCUT2D eigenvalue weighted by Gasteiger charge is 2.21. The summed E-state index contributed by atoms with van der Waals surface area (Å²) in [5.41, 5.74) is 0.969. The van der Waals surface area contributed by atoms with Crippen LogP contribution in [0, 0.1) is 17.1 Å². The number of carbonyl (C=O) groups is 1. The highest BCUT2D eigenvalue weighted by atomic mass is 19.1. The molecule has 0 aliphatic carbocycles. The first-order valence-electron chi connectivity index (χ1n) is 9.52. The molecule has 0 fully saturated rings. The number of hydrogen-bond donors (Lipinski definition) is 2. The van der Waals surface area contributed by atoms with Crippen molar-refractivity contribution in [3.05, 3.63) is 90.3 Å². The number of benzene rings is 1. The number of hydrogen-bond acceptors (Lipinski definition) is 5. The molecular formula is C22H18FN7O. The van der Waals surface area contributed by atoms with Crippen LogP contribution in [0.25, 0.3) is 11.5 Å². The van der Waals surface area contributed by atoms with Gasteiger partial charge in [0.05, 0.1) is 11.8 Å². The molecule has 0 spiro atoms. The van der Waals surface area contributed by atoms with Crippen molar-refractivity contribution in [3.63, 3.8) is 0 Å². The maximum Gasteiger partial charge on any atom is 0.256 e. The summed E-state index contributed by atoms with van der Waals surface area (Å²) >= 11 is 0. The minimum Gasteiger partial charge on any atom is -0.367 e. The van der Waals surface area contributed by atoms with E-state index < -0.39 is 5.82 Å². The molecule has 1 aromatic carbocycles. The van der Waals surface area contributed by atoms with Gasteiger partial charge in [-0.2, -0.15) is 10.4 Å². The number of aromatic nitrogens is 4. The predicted molar refractivity (Wildman–Crippen MR) is 113 cm³/mol. The van der Waals surface area contributed by atoms with Crippen LogP contribution in [0.3, 0.4) is 0 Å². The number of nitrogens with zero attached hydrogens (tertiary/aromatic N) is 5. The lowest BCUT2D eigenvalue weighted by Crippen LogP contribution is -2.29. The SMILES string of the molecule is N#Cc1cccnc1NCCNC(=O)c1cnn(-c2ccccc2F)c1-n1cccc1. The van der Waals surface area contributed by atoms with E-state index in [0.29, 0.717) is 29.3 Å².